The van der Waals surface area contributed by atoms with Crippen LogP contribution >= 0.6 is 11.3 Å². The highest BCUT2D eigenvalue weighted by Crippen LogP contribution is 2.27. The van der Waals surface area contributed by atoms with Crippen molar-refractivity contribution in [1.82, 2.24) is 14.5 Å². The van der Waals surface area contributed by atoms with Crippen molar-refractivity contribution in [2.75, 3.05) is 18.9 Å². The standard InChI is InChI=1S/C18H24N4O8S/c1-9(22-15-13(31-17(22)26)6-20-16(19)21-15)29-14(7-27-10(2)23)18(5,30-12(4)25)8-28-11(3)24/h6,9,14H,7-8H2,1-5H3,(H2,19,20,21)/t9-,14-,18+/m1/s1. The molecule has 13 heteroatoms. The Morgan fingerprint density at radius 1 is 1.19 bits per heavy atom. The molecule has 2 aromatic heterocycles. The molecule has 0 aliphatic heterocycles. The van der Waals surface area contributed by atoms with Gasteiger partial charge < -0.3 is 24.7 Å². The third-order valence-electron chi connectivity index (χ3n) is 4.16. The van der Waals surface area contributed by atoms with Crippen LogP contribution in [0.5, 0.6) is 0 Å². The van der Waals surface area contributed by atoms with Gasteiger partial charge in [-0.15, -0.1) is 0 Å². The lowest BCUT2D eigenvalue weighted by molar-refractivity contribution is -0.209. The van der Waals surface area contributed by atoms with E-state index in [2.05, 4.69) is 9.97 Å². The summed E-state index contributed by atoms with van der Waals surface area (Å²) in [5, 5.41) is 0. The molecule has 0 aliphatic rings. The van der Waals surface area contributed by atoms with Gasteiger partial charge in [-0.1, -0.05) is 11.3 Å². The summed E-state index contributed by atoms with van der Waals surface area (Å²) < 4.78 is 23.2. The maximum Gasteiger partial charge on any atom is 0.311 e. The zero-order chi connectivity index (χ0) is 23.3. The molecule has 0 unspecified atom stereocenters. The molecule has 2 N–H and O–H groups in total. The number of fused-ring (bicyclic) bond motifs is 1. The van der Waals surface area contributed by atoms with Gasteiger partial charge in [-0.25, -0.2) is 4.98 Å². The highest BCUT2D eigenvalue weighted by Gasteiger charge is 2.42. The second-order valence-electron chi connectivity index (χ2n) is 6.87. The molecule has 0 bridgehead atoms. The zero-order valence-electron chi connectivity index (χ0n) is 17.7. The van der Waals surface area contributed by atoms with Gasteiger partial charge >= 0.3 is 22.8 Å². The average molecular weight is 456 g/mol. The third kappa shape index (κ3) is 6.21. The smallest absolute Gasteiger partial charge is 0.311 e. The first-order valence-electron chi connectivity index (χ1n) is 9.18. The van der Waals surface area contributed by atoms with E-state index in [4.69, 9.17) is 24.7 Å². The molecule has 0 fully saturated rings. The number of nitrogen functional groups attached to an aromatic ring is 1. The molecule has 12 nitrogen and oxygen atoms in total. The number of aromatic nitrogens is 3. The van der Waals surface area contributed by atoms with Crippen molar-refractivity contribution in [3.63, 3.8) is 0 Å². The number of hydrogen-bond donors (Lipinski definition) is 1. The van der Waals surface area contributed by atoms with Gasteiger partial charge in [-0.3, -0.25) is 23.7 Å². The molecule has 31 heavy (non-hydrogen) atoms. The second-order valence-corrected chi connectivity index (χ2v) is 7.86. The molecule has 2 heterocycles. The second kappa shape index (κ2) is 9.83. The molecule has 0 amide bonds. The Morgan fingerprint density at radius 2 is 1.84 bits per heavy atom. The number of esters is 3. The Balaban J connectivity index is 2.42. The van der Waals surface area contributed by atoms with Gasteiger partial charge in [0.15, 0.2) is 11.2 Å². The normalized spacial score (nSPS) is 15.0. The summed E-state index contributed by atoms with van der Waals surface area (Å²) in [5.74, 6) is -1.90. The van der Waals surface area contributed by atoms with Crippen molar-refractivity contribution in [3.8, 4) is 0 Å². The summed E-state index contributed by atoms with van der Waals surface area (Å²) >= 11 is 0.900. The van der Waals surface area contributed by atoms with Crippen LogP contribution in [0.3, 0.4) is 0 Å². The molecule has 0 saturated carbocycles. The molecule has 0 saturated heterocycles. The number of nitrogens with zero attached hydrogens (tertiary/aromatic N) is 3. The predicted molar refractivity (Wildman–Crippen MR) is 109 cm³/mol. The maximum atomic E-state index is 12.5. The SMILES string of the molecule is CC(=O)OC[C@@H](O[C@H](C)n1c(=O)sc2cnc(N)nc21)[C@](C)(COC(C)=O)OC(C)=O. The first kappa shape index (κ1) is 24.2. The highest BCUT2D eigenvalue weighted by atomic mass is 32.1. The highest BCUT2D eigenvalue weighted by molar-refractivity contribution is 7.16. The Kier molecular flexibility index (Phi) is 7.68. The lowest BCUT2D eigenvalue weighted by Gasteiger charge is -2.37. The van der Waals surface area contributed by atoms with Crippen molar-refractivity contribution in [2.24, 2.45) is 0 Å². The van der Waals surface area contributed by atoms with Crippen LogP contribution in [0.2, 0.25) is 0 Å². The van der Waals surface area contributed by atoms with Crippen LogP contribution in [-0.2, 0) is 33.3 Å². The van der Waals surface area contributed by atoms with Crippen molar-refractivity contribution >= 4 is 45.5 Å². The van der Waals surface area contributed by atoms with Crippen LogP contribution in [0, 0.1) is 0 Å². The van der Waals surface area contributed by atoms with Gasteiger partial charge in [0.1, 0.15) is 25.5 Å². The maximum absolute atomic E-state index is 12.5. The van der Waals surface area contributed by atoms with E-state index in [1.807, 2.05) is 0 Å². The molecular formula is C18H24N4O8S. The number of thiazole rings is 1. The molecular weight excluding hydrogens is 432 g/mol. The fourth-order valence-electron chi connectivity index (χ4n) is 2.78. The number of nitrogens with two attached hydrogens (primary N) is 1. The van der Waals surface area contributed by atoms with Gasteiger partial charge in [-0.2, -0.15) is 4.98 Å². The minimum atomic E-state index is -1.52. The molecule has 2 aromatic rings. The zero-order valence-corrected chi connectivity index (χ0v) is 18.6. The molecule has 0 aliphatic carbocycles. The van der Waals surface area contributed by atoms with E-state index in [0.717, 1.165) is 11.3 Å². The van der Waals surface area contributed by atoms with E-state index < -0.39 is 35.8 Å². The Bertz CT molecular complexity index is 1040. The lowest BCUT2D eigenvalue weighted by Crippen LogP contribution is -2.52. The number of rotatable bonds is 9. The third-order valence-corrected chi connectivity index (χ3v) is 5.04. The minimum absolute atomic E-state index is 0.0256. The molecule has 3 atom stereocenters. The van der Waals surface area contributed by atoms with E-state index >= 15 is 0 Å². The fraction of sp³-hybridized carbons (Fsp3) is 0.556. The van der Waals surface area contributed by atoms with Crippen LogP contribution in [0.4, 0.5) is 5.95 Å². The van der Waals surface area contributed by atoms with Crippen molar-refractivity contribution < 1.29 is 33.3 Å². The van der Waals surface area contributed by atoms with Gasteiger partial charge in [0, 0.05) is 20.8 Å². The van der Waals surface area contributed by atoms with E-state index in [1.165, 1.54) is 38.5 Å². The minimum Gasteiger partial charge on any atom is -0.463 e. The number of carbonyl (C=O) groups excluding carboxylic acids is 3. The largest absolute Gasteiger partial charge is 0.463 e. The Labute approximate surface area is 181 Å². The fourth-order valence-corrected chi connectivity index (χ4v) is 3.64. The average Bonchev–Trinajstić information content (AvgIpc) is 2.97. The monoisotopic (exact) mass is 456 g/mol. The van der Waals surface area contributed by atoms with Crippen molar-refractivity contribution in [3.05, 3.63) is 15.9 Å². The first-order valence-corrected chi connectivity index (χ1v) is 10.00. The quantitative estimate of drug-likeness (QED) is 0.419. The van der Waals surface area contributed by atoms with Crippen LogP contribution in [0.1, 0.15) is 40.8 Å². The topological polar surface area (TPSA) is 162 Å². The Morgan fingerprint density at radius 3 is 2.42 bits per heavy atom. The van der Waals surface area contributed by atoms with E-state index in [0.29, 0.717) is 4.70 Å². The van der Waals surface area contributed by atoms with Crippen molar-refractivity contribution in [1.29, 1.82) is 0 Å². The molecule has 0 aromatic carbocycles. The summed E-state index contributed by atoms with van der Waals surface area (Å²) in [6.07, 6.45) is -0.619. The van der Waals surface area contributed by atoms with E-state index in [1.54, 1.807) is 6.92 Å². The van der Waals surface area contributed by atoms with Gasteiger partial charge in [0.25, 0.3) is 0 Å². The van der Waals surface area contributed by atoms with E-state index in [-0.39, 0.29) is 29.7 Å². The molecule has 170 valence electrons. The summed E-state index contributed by atoms with van der Waals surface area (Å²) in [6.45, 7) is 5.90. The lowest BCUT2D eigenvalue weighted by atomic mass is 10.00. The Hall–Kier alpha value is -3.06. The number of hydrogen-bond acceptors (Lipinski definition) is 12. The number of ether oxygens (including phenoxy) is 4. The van der Waals surface area contributed by atoms with Gasteiger partial charge in [0.2, 0.25) is 5.95 Å². The van der Waals surface area contributed by atoms with Crippen molar-refractivity contribution in [2.45, 2.75) is 52.6 Å². The van der Waals surface area contributed by atoms with E-state index in [9.17, 15) is 19.2 Å². The van der Waals surface area contributed by atoms with Crippen LogP contribution in [0.15, 0.2) is 11.0 Å². The summed E-state index contributed by atoms with van der Waals surface area (Å²) in [7, 11) is 0. The summed E-state index contributed by atoms with van der Waals surface area (Å²) in [6, 6.07) is 0. The number of anilines is 1. The molecule has 2 rings (SSSR count). The van der Waals surface area contributed by atoms with Crippen LogP contribution in [0.25, 0.3) is 10.3 Å². The van der Waals surface area contributed by atoms with Gasteiger partial charge in [-0.05, 0) is 13.8 Å². The molecule has 0 radical (unpaired) electrons. The first-order chi connectivity index (χ1) is 14.4. The van der Waals surface area contributed by atoms with Crippen LogP contribution < -0.4 is 10.6 Å². The predicted octanol–water partition coefficient (Wildman–Crippen LogP) is 0.787. The number of carbonyl (C=O) groups is 3. The van der Waals surface area contributed by atoms with Gasteiger partial charge in [0.05, 0.1) is 10.9 Å². The molecule has 0 spiro atoms. The summed E-state index contributed by atoms with van der Waals surface area (Å²) in [5.41, 5.74) is 4.38. The summed E-state index contributed by atoms with van der Waals surface area (Å²) in [4.78, 5) is 54.5. The van der Waals surface area contributed by atoms with Crippen LogP contribution in [-0.4, -0.2) is 57.4 Å².